The highest BCUT2D eigenvalue weighted by molar-refractivity contribution is 5.42. The molecule has 0 aliphatic heterocycles. The van der Waals surface area contributed by atoms with E-state index >= 15 is 0 Å². The van der Waals surface area contributed by atoms with Crippen LogP contribution in [-0.4, -0.2) is 18.8 Å². The van der Waals surface area contributed by atoms with Crippen LogP contribution < -0.4 is 4.74 Å². The van der Waals surface area contributed by atoms with Gasteiger partial charge in [-0.15, -0.1) is 0 Å². The molecular weight excluding hydrogens is 272 g/mol. The van der Waals surface area contributed by atoms with Crippen LogP contribution in [0.1, 0.15) is 47.8 Å². The number of aliphatic hydroxyl groups is 1. The number of methoxy groups -OCH3 is 1. The van der Waals surface area contributed by atoms with E-state index in [0.29, 0.717) is 11.8 Å². The summed E-state index contributed by atoms with van der Waals surface area (Å²) < 4.78 is 5.37. The Morgan fingerprint density at radius 1 is 1.14 bits per heavy atom. The lowest BCUT2D eigenvalue weighted by Crippen LogP contribution is -2.20. The minimum atomic E-state index is 0.267. The summed E-state index contributed by atoms with van der Waals surface area (Å²) in [5, 5.41) is 9.26. The topological polar surface area (TPSA) is 29.5 Å². The lowest BCUT2D eigenvalue weighted by atomic mass is 9.70. The first kappa shape index (κ1) is 15.1. The molecule has 0 saturated carbocycles. The quantitative estimate of drug-likeness (QED) is 0.892. The first-order chi connectivity index (χ1) is 10.8. The van der Waals surface area contributed by atoms with Crippen molar-refractivity contribution in [1.29, 1.82) is 0 Å². The standard InChI is InChI=1S/C20H24O2/c1-22-17-10-12-19-16(14-17)9-11-18(20(19)8-5-13-21)15-6-3-2-4-7-15/h2-4,6-7,10,12,14,18,20-21H,5,8-9,11,13H2,1H3/t18-,20?/m0/s1. The monoisotopic (exact) mass is 296 g/mol. The third kappa shape index (κ3) is 3.02. The largest absolute Gasteiger partial charge is 0.497 e. The van der Waals surface area contributed by atoms with E-state index in [4.69, 9.17) is 4.74 Å². The SMILES string of the molecule is COc1ccc2c(c1)CC[C@@H](c1ccccc1)C2CCCO. The zero-order valence-corrected chi connectivity index (χ0v) is 13.2. The first-order valence-corrected chi connectivity index (χ1v) is 8.16. The maximum atomic E-state index is 9.26. The summed E-state index contributed by atoms with van der Waals surface area (Å²) in [5.74, 6) is 1.98. The minimum absolute atomic E-state index is 0.267. The van der Waals surface area contributed by atoms with Gasteiger partial charge < -0.3 is 9.84 Å². The van der Waals surface area contributed by atoms with Crippen molar-refractivity contribution in [2.45, 2.75) is 37.5 Å². The molecule has 0 fully saturated rings. The highest BCUT2D eigenvalue weighted by Gasteiger charge is 2.30. The summed E-state index contributed by atoms with van der Waals surface area (Å²) in [7, 11) is 1.72. The third-order valence-corrected chi connectivity index (χ3v) is 4.86. The van der Waals surface area contributed by atoms with Crippen molar-refractivity contribution in [1.82, 2.24) is 0 Å². The number of hydrogen-bond acceptors (Lipinski definition) is 2. The minimum Gasteiger partial charge on any atom is -0.497 e. The molecule has 0 radical (unpaired) electrons. The molecule has 2 heteroatoms. The van der Waals surface area contributed by atoms with Gasteiger partial charge in [-0.3, -0.25) is 0 Å². The van der Waals surface area contributed by atoms with Crippen molar-refractivity contribution >= 4 is 0 Å². The number of aryl methyl sites for hydroxylation is 1. The van der Waals surface area contributed by atoms with Crippen LogP contribution in [0, 0.1) is 0 Å². The van der Waals surface area contributed by atoms with E-state index in [-0.39, 0.29) is 6.61 Å². The van der Waals surface area contributed by atoms with Gasteiger partial charge in [-0.2, -0.15) is 0 Å². The average molecular weight is 296 g/mol. The predicted octanol–water partition coefficient (Wildman–Crippen LogP) is 4.28. The second kappa shape index (κ2) is 6.97. The Hall–Kier alpha value is -1.80. The van der Waals surface area contributed by atoms with Crippen LogP contribution in [0.3, 0.4) is 0 Å². The molecule has 0 spiro atoms. The van der Waals surface area contributed by atoms with Crippen LogP contribution in [0.4, 0.5) is 0 Å². The van der Waals surface area contributed by atoms with Crippen LogP contribution in [0.15, 0.2) is 48.5 Å². The Labute approximate surface area is 132 Å². The maximum absolute atomic E-state index is 9.26. The fourth-order valence-electron chi connectivity index (χ4n) is 3.78. The molecule has 3 rings (SSSR count). The summed E-state index contributed by atoms with van der Waals surface area (Å²) in [6.45, 7) is 0.267. The molecule has 2 atom stereocenters. The van der Waals surface area contributed by atoms with Gasteiger partial charge in [0.15, 0.2) is 0 Å². The fraction of sp³-hybridized carbons (Fsp3) is 0.400. The molecule has 2 nitrogen and oxygen atoms in total. The summed E-state index contributed by atoms with van der Waals surface area (Å²) in [5.41, 5.74) is 4.27. The van der Waals surface area contributed by atoms with E-state index in [9.17, 15) is 5.11 Å². The first-order valence-electron chi connectivity index (χ1n) is 8.16. The molecule has 0 bridgehead atoms. The molecule has 2 aromatic carbocycles. The van der Waals surface area contributed by atoms with Gasteiger partial charge in [-0.1, -0.05) is 36.4 Å². The predicted molar refractivity (Wildman–Crippen MR) is 89.6 cm³/mol. The van der Waals surface area contributed by atoms with Gasteiger partial charge >= 0.3 is 0 Å². The van der Waals surface area contributed by atoms with Gasteiger partial charge in [0.05, 0.1) is 7.11 Å². The van der Waals surface area contributed by atoms with Crippen LogP contribution >= 0.6 is 0 Å². The molecular formula is C20H24O2. The van der Waals surface area contributed by atoms with E-state index in [2.05, 4.69) is 48.5 Å². The zero-order valence-electron chi connectivity index (χ0n) is 13.2. The summed E-state index contributed by atoms with van der Waals surface area (Å²) in [6.07, 6.45) is 4.16. The van der Waals surface area contributed by atoms with E-state index < -0.39 is 0 Å². The van der Waals surface area contributed by atoms with Gasteiger partial charge in [0.25, 0.3) is 0 Å². The highest BCUT2D eigenvalue weighted by Crippen LogP contribution is 2.45. The van der Waals surface area contributed by atoms with Crippen molar-refractivity contribution in [3.05, 3.63) is 65.2 Å². The van der Waals surface area contributed by atoms with Crippen LogP contribution in [-0.2, 0) is 6.42 Å². The second-order valence-electron chi connectivity index (χ2n) is 6.09. The summed E-state index contributed by atoms with van der Waals surface area (Å²) in [4.78, 5) is 0. The van der Waals surface area contributed by atoms with Gasteiger partial charge in [-0.05, 0) is 66.3 Å². The Morgan fingerprint density at radius 3 is 2.68 bits per heavy atom. The van der Waals surface area contributed by atoms with Crippen LogP contribution in [0.25, 0.3) is 0 Å². The molecule has 1 aliphatic carbocycles. The van der Waals surface area contributed by atoms with Crippen LogP contribution in [0.5, 0.6) is 5.75 Å². The van der Waals surface area contributed by atoms with Gasteiger partial charge in [0.2, 0.25) is 0 Å². The van der Waals surface area contributed by atoms with Gasteiger partial charge in [-0.25, -0.2) is 0 Å². The molecule has 0 amide bonds. The van der Waals surface area contributed by atoms with Crippen molar-refractivity contribution in [3.8, 4) is 5.75 Å². The molecule has 1 unspecified atom stereocenters. The Balaban J connectivity index is 1.95. The zero-order chi connectivity index (χ0) is 15.4. The number of rotatable bonds is 5. The van der Waals surface area contributed by atoms with E-state index in [0.717, 1.165) is 25.0 Å². The highest BCUT2D eigenvalue weighted by atomic mass is 16.5. The van der Waals surface area contributed by atoms with E-state index in [1.807, 2.05) is 0 Å². The average Bonchev–Trinajstić information content (AvgIpc) is 2.59. The van der Waals surface area contributed by atoms with Crippen molar-refractivity contribution < 1.29 is 9.84 Å². The number of fused-ring (bicyclic) bond motifs is 1. The molecule has 116 valence electrons. The second-order valence-corrected chi connectivity index (χ2v) is 6.09. The van der Waals surface area contributed by atoms with Gasteiger partial charge in [0, 0.05) is 6.61 Å². The molecule has 22 heavy (non-hydrogen) atoms. The van der Waals surface area contributed by atoms with Crippen LogP contribution in [0.2, 0.25) is 0 Å². The number of hydrogen-bond donors (Lipinski definition) is 1. The van der Waals surface area contributed by atoms with Gasteiger partial charge in [0.1, 0.15) is 5.75 Å². The van der Waals surface area contributed by atoms with Crippen molar-refractivity contribution in [2.75, 3.05) is 13.7 Å². The molecule has 1 aliphatic rings. The van der Waals surface area contributed by atoms with Crippen molar-refractivity contribution in [3.63, 3.8) is 0 Å². The van der Waals surface area contributed by atoms with E-state index in [1.165, 1.54) is 23.1 Å². The van der Waals surface area contributed by atoms with Crippen molar-refractivity contribution in [2.24, 2.45) is 0 Å². The molecule has 1 N–H and O–H groups in total. The summed E-state index contributed by atoms with van der Waals surface area (Å²) in [6, 6.07) is 17.3. The Kier molecular flexibility index (Phi) is 4.79. The Morgan fingerprint density at radius 2 is 1.95 bits per heavy atom. The number of aliphatic hydroxyl groups excluding tert-OH is 1. The lowest BCUT2D eigenvalue weighted by molar-refractivity contribution is 0.273. The molecule has 0 aromatic heterocycles. The number of benzene rings is 2. The summed E-state index contributed by atoms with van der Waals surface area (Å²) >= 11 is 0. The van der Waals surface area contributed by atoms with E-state index in [1.54, 1.807) is 7.11 Å². The molecule has 2 aromatic rings. The smallest absolute Gasteiger partial charge is 0.119 e. The molecule has 0 heterocycles. The maximum Gasteiger partial charge on any atom is 0.119 e. The third-order valence-electron chi connectivity index (χ3n) is 4.86. The molecule has 0 saturated heterocycles. The number of ether oxygens (including phenoxy) is 1. The fourth-order valence-corrected chi connectivity index (χ4v) is 3.78. The Bertz CT molecular complexity index is 606. The normalized spacial score (nSPS) is 20.5. The lowest BCUT2D eigenvalue weighted by Gasteiger charge is -2.34.